The van der Waals surface area contributed by atoms with E-state index in [0.717, 1.165) is 37.0 Å². The third kappa shape index (κ3) is 9.29. The maximum Gasteiger partial charge on any atom is 0.248 e. The molecule has 0 saturated heterocycles. The predicted octanol–water partition coefficient (Wildman–Crippen LogP) is 8.49. The normalized spacial score (nSPS) is 14.8. The summed E-state index contributed by atoms with van der Waals surface area (Å²) in [5.41, 5.74) is 1.37. The van der Waals surface area contributed by atoms with Gasteiger partial charge in [0.15, 0.2) is 23.4 Å². The van der Waals surface area contributed by atoms with Gasteiger partial charge in [-0.2, -0.15) is 0 Å². The van der Waals surface area contributed by atoms with Crippen molar-refractivity contribution in [3.8, 4) is 23.0 Å². The van der Waals surface area contributed by atoms with Crippen LogP contribution in [-0.4, -0.2) is 26.9 Å². The number of fused-ring (bicyclic) bond motifs is 1. The van der Waals surface area contributed by atoms with Crippen molar-refractivity contribution >= 4 is 11.6 Å². The van der Waals surface area contributed by atoms with Crippen LogP contribution in [0.3, 0.4) is 0 Å². The average Bonchev–Trinajstić information content (AvgIpc) is 2.93. The van der Waals surface area contributed by atoms with Crippen LogP contribution >= 0.6 is 0 Å². The molecule has 0 amide bonds. The monoisotopic (exact) mass is 538 g/mol. The van der Waals surface area contributed by atoms with Crippen LogP contribution in [0, 0.1) is 0 Å². The number of hydrogen-bond donors (Lipinski definition) is 3. The minimum atomic E-state index is -1.28. The molecule has 1 aliphatic heterocycles. The number of aryl methyl sites for hydroxylation is 1. The quantitative estimate of drug-likeness (QED) is 0.0998. The molecule has 2 aromatic rings. The molecule has 0 spiro atoms. The Morgan fingerprint density at radius 2 is 1.15 bits per heavy atom. The van der Waals surface area contributed by atoms with Crippen molar-refractivity contribution in [2.75, 3.05) is 0 Å². The highest BCUT2D eigenvalue weighted by Gasteiger charge is 2.37. The van der Waals surface area contributed by atoms with Crippen LogP contribution in [0.15, 0.2) is 30.3 Å². The van der Waals surface area contributed by atoms with E-state index < -0.39 is 34.9 Å². The first kappa shape index (κ1) is 30.5. The highest BCUT2D eigenvalue weighted by atomic mass is 16.5. The van der Waals surface area contributed by atoms with Gasteiger partial charge >= 0.3 is 0 Å². The molecule has 0 fully saturated rings. The van der Waals surface area contributed by atoms with Crippen molar-refractivity contribution in [1.29, 1.82) is 0 Å². The number of aromatic hydroxyl groups is 3. The zero-order chi connectivity index (χ0) is 28.0. The number of carbonyl (C=O) groups excluding carboxylic acids is 2. The van der Waals surface area contributed by atoms with Crippen LogP contribution in [0.5, 0.6) is 23.0 Å². The van der Waals surface area contributed by atoms with Gasteiger partial charge in [0, 0.05) is 5.56 Å². The Morgan fingerprint density at radius 1 is 0.667 bits per heavy atom. The number of phenols is 3. The lowest BCUT2D eigenvalue weighted by Gasteiger charge is -2.25. The third-order valence-corrected chi connectivity index (χ3v) is 7.71. The summed E-state index contributed by atoms with van der Waals surface area (Å²) in [5, 5.41) is 29.2. The molecule has 3 N–H and O–H groups in total. The van der Waals surface area contributed by atoms with Crippen LogP contribution in [-0.2, 0) is 11.2 Å². The Bertz CT molecular complexity index is 1050. The number of phenolic OH excluding ortho intramolecular Hbond substituents is 3. The van der Waals surface area contributed by atoms with Crippen molar-refractivity contribution < 1.29 is 29.6 Å². The lowest BCUT2D eigenvalue weighted by Crippen LogP contribution is -2.31. The van der Waals surface area contributed by atoms with Gasteiger partial charge in [-0.05, 0) is 42.7 Å². The standard InChI is InChI=1S/C33H46O6/c1-2-3-4-5-6-7-8-9-10-11-12-13-14-15-16-17-18-24-19-20-26-29(21-24)39-33(32(38)30(26)36)25-22-27(34)31(37)28(35)23-25/h19-23,33-35,37H,2-18H2,1H3. The minimum absolute atomic E-state index is 0.106. The smallest absolute Gasteiger partial charge is 0.248 e. The molecule has 0 aliphatic carbocycles. The first-order valence-corrected chi connectivity index (χ1v) is 15.0. The van der Waals surface area contributed by atoms with Gasteiger partial charge in [-0.1, -0.05) is 109 Å². The molecule has 0 bridgehead atoms. The van der Waals surface area contributed by atoms with E-state index in [1.807, 2.05) is 6.07 Å². The molecule has 1 unspecified atom stereocenters. The molecule has 39 heavy (non-hydrogen) atoms. The van der Waals surface area contributed by atoms with E-state index in [0.29, 0.717) is 5.75 Å². The molecule has 6 nitrogen and oxygen atoms in total. The largest absolute Gasteiger partial charge is 0.504 e. The van der Waals surface area contributed by atoms with Gasteiger partial charge in [-0.3, -0.25) is 9.59 Å². The van der Waals surface area contributed by atoms with Gasteiger partial charge < -0.3 is 20.1 Å². The fourth-order valence-corrected chi connectivity index (χ4v) is 5.31. The van der Waals surface area contributed by atoms with Crippen molar-refractivity contribution in [3.63, 3.8) is 0 Å². The second-order valence-electron chi connectivity index (χ2n) is 11.0. The summed E-state index contributed by atoms with van der Waals surface area (Å²) in [7, 11) is 0. The topological polar surface area (TPSA) is 104 Å². The molecule has 1 heterocycles. The number of unbranched alkanes of at least 4 members (excludes halogenated alkanes) is 15. The summed E-state index contributed by atoms with van der Waals surface area (Å²) >= 11 is 0. The summed E-state index contributed by atoms with van der Waals surface area (Å²) in [6, 6.07) is 7.56. The Labute approximate surface area is 233 Å². The molecule has 214 valence electrons. The molecule has 2 aromatic carbocycles. The lowest BCUT2D eigenvalue weighted by molar-refractivity contribution is -0.122. The van der Waals surface area contributed by atoms with Gasteiger partial charge in [-0.25, -0.2) is 0 Å². The second kappa shape index (κ2) is 16.2. The van der Waals surface area contributed by atoms with Crippen LogP contribution < -0.4 is 4.74 Å². The number of carbonyl (C=O) groups is 2. The maximum absolute atomic E-state index is 12.7. The highest BCUT2D eigenvalue weighted by molar-refractivity contribution is 6.46. The van der Waals surface area contributed by atoms with Crippen molar-refractivity contribution in [3.05, 3.63) is 47.0 Å². The van der Waals surface area contributed by atoms with Gasteiger partial charge in [0.25, 0.3) is 0 Å². The van der Waals surface area contributed by atoms with Gasteiger partial charge in [0.2, 0.25) is 11.6 Å². The molecule has 1 aliphatic rings. The molecular weight excluding hydrogens is 492 g/mol. The number of benzene rings is 2. The average molecular weight is 539 g/mol. The van der Waals surface area contributed by atoms with Crippen molar-refractivity contribution in [2.45, 2.75) is 122 Å². The van der Waals surface area contributed by atoms with E-state index in [1.54, 1.807) is 12.1 Å². The molecule has 1 atom stereocenters. The molecule has 0 radical (unpaired) electrons. The lowest BCUT2D eigenvalue weighted by atomic mass is 9.93. The maximum atomic E-state index is 12.7. The number of ether oxygens (including phenoxy) is 1. The molecule has 3 rings (SSSR count). The number of hydrogen-bond acceptors (Lipinski definition) is 6. The van der Waals surface area contributed by atoms with Crippen molar-refractivity contribution in [2.24, 2.45) is 0 Å². The zero-order valence-corrected chi connectivity index (χ0v) is 23.6. The SMILES string of the molecule is CCCCCCCCCCCCCCCCCCc1ccc2c(c1)OC(c1cc(O)c(O)c(O)c1)C(=O)C2=O. The van der Waals surface area contributed by atoms with Crippen LogP contribution in [0.1, 0.15) is 137 Å². The van der Waals surface area contributed by atoms with Gasteiger partial charge in [0.05, 0.1) is 5.56 Å². The summed E-state index contributed by atoms with van der Waals surface area (Å²) in [4.78, 5) is 25.3. The number of Topliss-reactive ketones (excluding diaryl/α,β-unsaturated/α-hetero) is 2. The highest BCUT2D eigenvalue weighted by Crippen LogP contribution is 2.40. The predicted molar refractivity (Wildman–Crippen MR) is 154 cm³/mol. The van der Waals surface area contributed by atoms with Crippen LogP contribution in [0.25, 0.3) is 0 Å². The van der Waals surface area contributed by atoms with E-state index in [1.165, 1.54) is 89.9 Å². The minimum Gasteiger partial charge on any atom is -0.504 e. The van der Waals surface area contributed by atoms with Crippen molar-refractivity contribution in [1.82, 2.24) is 0 Å². The summed E-state index contributed by atoms with van der Waals surface area (Å²) in [6.07, 6.45) is 20.8. The fraction of sp³-hybridized carbons (Fsp3) is 0.576. The van der Waals surface area contributed by atoms with E-state index in [4.69, 9.17) is 4.74 Å². The Kier molecular flexibility index (Phi) is 12.7. The van der Waals surface area contributed by atoms with E-state index in [-0.39, 0.29) is 11.1 Å². The van der Waals surface area contributed by atoms with E-state index in [2.05, 4.69) is 6.92 Å². The fourth-order valence-electron chi connectivity index (χ4n) is 5.31. The first-order valence-electron chi connectivity index (χ1n) is 15.0. The Hall–Kier alpha value is -3.02. The Balaban J connectivity index is 1.32. The number of ketones is 2. The van der Waals surface area contributed by atoms with Gasteiger partial charge in [0.1, 0.15) is 5.75 Å². The molecular formula is C33H46O6. The molecule has 0 saturated carbocycles. The van der Waals surface area contributed by atoms with E-state index in [9.17, 15) is 24.9 Å². The molecule has 6 heteroatoms. The second-order valence-corrected chi connectivity index (χ2v) is 11.0. The van der Waals surface area contributed by atoms with Crippen LogP contribution in [0.2, 0.25) is 0 Å². The third-order valence-electron chi connectivity index (χ3n) is 7.71. The zero-order valence-electron chi connectivity index (χ0n) is 23.6. The first-order chi connectivity index (χ1) is 18.9. The Morgan fingerprint density at radius 3 is 1.67 bits per heavy atom. The summed E-state index contributed by atoms with van der Waals surface area (Å²) in [6.45, 7) is 2.27. The van der Waals surface area contributed by atoms with E-state index >= 15 is 0 Å². The summed E-state index contributed by atoms with van der Waals surface area (Å²) < 4.78 is 5.85. The molecule has 0 aromatic heterocycles. The van der Waals surface area contributed by atoms with Crippen LogP contribution in [0.4, 0.5) is 0 Å². The summed E-state index contributed by atoms with van der Waals surface area (Å²) in [5.74, 6) is -2.98. The van der Waals surface area contributed by atoms with Gasteiger partial charge in [-0.15, -0.1) is 0 Å². The number of rotatable bonds is 18.